The van der Waals surface area contributed by atoms with Crippen LogP contribution in [0, 0.1) is 0 Å². The number of aromatic hydroxyl groups is 3. The molecule has 0 aromatic heterocycles. The molecule has 3 N–H and O–H groups in total. The van der Waals surface area contributed by atoms with E-state index in [0.29, 0.717) is 31.4 Å². The molecule has 0 spiro atoms. The van der Waals surface area contributed by atoms with Crippen LogP contribution < -0.4 is 9.47 Å². The number of benzene rings is 8. The summed E-state index contributed by atoms with van der Waals surface area (Å²) in [5.74, 6) is 2.09. The molecule has 1 heterocycles. The van der Waals surface area contributed by atoms with Gasteiger partial charge in [0.05, 0.1) is 0 Å². The summed E-state index contributed by atoms with van der Waals surface area (Å²) in [5, 5.41) is 39.9. The largest absolute Gasteiger partial charge is 0.507 e. The average molecular weight is 995 g/mol. The van der Waals surface area contributed by atoms with Crippen molar-refractivity contribution in [2.45, 2.75) is 143 Å². The van der Waals surface area contributed by atoms with Crippen molar-refractivity contribution in [3.8, 4) is 28.7 Å². The fraction of sp³-hybridized carbons (Fsp3) is 0.314. The maximum Gasteiger partial charge on any atom is 0.178 e. The van der Waals surface area contributed by atoms with Gasteiger partial charge in [0.15, 0.2) is 5.60 Å². The summed E-state index contributed by atoms with van der Waals surface area (Å²) in [6, 6.07) is 48.8. The first-order valence-corrected chi connectivity index (χ1v) is 26.8. The third kappa shape index (κ3) is 9.95. The highest BCUT2D eigenvalue weighted by Gasteiger charge is 2.39. The summed E-state index contributed by atoms with van der Waals surface area (Å²) < 4.78 is 15.0. The van der Waals surface area contributed by atoms with Crippen molar-refractivity contribution >= 4 is 16.8 Å². The molecule has 5 nitrogen and oxygen atoms in total. The van der Waals surface area contributed by atoms with Gasteiger partial charge >= 0.3 is 0 Å². The van der Waals surface area contributed by atoms with E-state index in [4.69, 9.17) is 9.47 Å². The molecule has 1 aliphatic heterocycles. The first kappa shape index (κ1) is 51.3. The zero-order valence-corrected chi connectivity index (χ0v) is 46.1. The summed E-state index contributed by atoms with van der Waals surface area (Å²) in [5.41, 5.74) is 12.8. The van der Waals surface area contributed by atoms with Crippen molar-refractivity contribution < 1.29 is 24.8 Å². The van der Waals surface area contributed by atoms with Gasteiger partial charge in [-0.2, -0.15) is 0 Å². The van der Waals surface area contributed by atoms with Gasteiger partial charge in [0.1, 0.15) is 35.4 Å². The standard InChI is InChI=1S/C70H74O5/c1-66(2,3)55-34-44-30-46-36-56(67(4,5)6)38-48(62(46)72)32-50-40-58(69(10,11)12)41-51(33-49-39-57(68(7,8)9)37-47(63(49)73)31-45(35-55)61(44)71)64(50)74-42-52-29-43-21-19-20-26-59(43)60-27-28-70(75-65(52)60,53-22-15-13-16-23-53)54-24-17-14-18-25-54/h13-29,34-41,71-73H,30-33,42H2,1-12H3. The molecular weight excluding hydrogens is 921 g/mol. The lowest BCUT2D eigenvalue weighted by Gasteiger charge is -2.37. The first-order chi connectivity index (χ1) is 35.4. The number of ether oxygens (including phenoxy) is 2. The number of phenolic OH excluding ortho intramolecular Hbond substituents is 3. The fourth-order valence-corrected chi connectivity index (χ4v) is 11.0. The van der Waals surface area contributed by atoms with Crippen LogP contribution in [0.5, 0.6) is 28.7 Å². The van der Waals surface area contributed by atoms with Crippen molar-refractivity contribution in [2.24, 2.45) is 0 Å². The van der Waals surface area contributed by atoms with E-state index in [2.05, 4.69) is 223 Å². The van der Waals surface area contributed by atoms with Crippen LogP contribution in [0.3, 0.4) is 0 Å². The van der Waals surface area contributed by atoms with Crippen LogP contribution >= 0.6 is 0 Å². The van der Waals surface area contributed by atoms with Crippen LogP contribution in [0.1, 0.15) is 172 Å². The number of hydrogen-bond acceptors (Lipinski definition) is 5. The predicted molar refractivity (Wildman–Crippen MR) is 308 cm³/mol. The maximum atomic E-state index is 12.7. The third-order valence-corrected chi connectivity index (χ3v) is 15.7. The minimum Gasteiger partial charge on any atom is -0.507 e. The summed E-state index contributed by atoms with van der Waals surface area (Å²) in [6.07, 6.45) is 5.78. The van der Waals surface area contributed by atoms with Crippen molar-refractivity contribution in [1.82, 2.24) is 0 Å². The van der Waals surface area contributed by atoms with Crippen molar-refractivity contribution in [3.63, 3.8) is 0 Å². The van der Waals surface area contributed by atoms with Crippen molar-refractivity contribution in [3.05, 3.63) is 235 Å². The van der Waals surface area contributed by atoms with E-state index in [-0.39, 0.29) is 45.5 Å². The summed E-state index contributed by atoms with van der Waals surface area (Å²) in [6.45, 7) is 26.7. The Bertz CT molecular complexity index is 3360. The second-order valence-corrected chi connectivity index (χ2v) is 25.5. The van der Waals surface area contributed by atoms with E-state index in [1.54, 1.807) is 0 Å². The van der Waals surface area contributed by atoms with Crippen LogP contribution in [0.15, 0.2) is 146 Å². The lowest BCUT2D eigenvalue weighted by atomic mass is 9.79. The van der Waals surface area contributed by atoms with Crippen LogP contribution in [0.25, 0.3) is 16.8 Å². The highest BCUT2D eigenvalue weighted by molar-refractivity contribution is 5.95. The molecule has 0 radical (unpaired) electrons. The highest BCUT2D eigenvalue weighted by Crippen LogP contribution is 2.48. The summed E-state index contributed by atoms with van der Waals surface area (Å²) in [4.78, 5) is 0. The molecule has 8 bridgehead atoms. The van der Waals surface area contributed by atoms with Gasteiger partial charge in [-0.15, -0.1) is 0 Å². The number of phenols is 3. The molecule has 0 unspecified atom stereocenters. The maximum absolute atomic E-state index is 12.7. The molecule has 8 aromatic carbocycles. The Kier molecular flexibility index (Phi) is 12.9. The van der Waals surface area contributed by atoms with Crippen LogP contribution in [-0.2, 0) is 59.6 Å². The van der Waals surface area contributed by atoms with Gasteiger partial charge in [0, 0.05) is 47.9 Å². The van der Waals surface area contributed by atoms with E-state index in [9.17, 15) is 15.3 Å². The molecule has 1 aliphatic carbocycles. The molecule has 0 amide bonds. The monoisotopic (exact) mass is 995 g/mol. The average Bonchev–Trinajstić information content (AvgIpc) is 3.36. The van der Waals surface area contributed by atoms with Gasteiger partial charge in [-0.1, -0.05) is 217 Å². The van der Waals surface area contributed by atoms with E-state index in [1.165, 1.54) is 0 Å². The van der Waals surface area contributed by atoms with Gasteiger partial charge in [-0.3, -0.25) is 0 Å². The molecule has 2 aliphatic rings. The summed E-state index contributed by atoms with van der Waals surface area (Å²) in [7, 11) is 0. The van der Waals surface area contributed by atoms with Crippen LogP contribution in [-0.4, -0.2) is 15.3 Å². The number of rotatable bonds is 5. The molecule has 0 fully saturated rings. The molecule has 5 heteroatoms. The van der Waals surface area contributed by atoms with Gasteiger partial charge < -0.3 is 24.8 Å². The van der Waals surface area contributed by atoms with E-state index in [1.807, 2.05) is 12.1 Å². The van der Waals surface area contributed by atoms with E-state index < -0.39 is 5.60 Å². The molecular formula is C70H74O5. The van der Waals surface area contributed by atoms with Gasteiger partial charge in [-0.25, -0.2) is 0 Å². The van der Waals surface area contributed by atoms with Gasteiger partial charge in [0.2, 0.25) is 0 Å². The van der Waals surface area contributed by atoms with Crippen LogP contribution in [0.2, 0.25) is 0 Å². The second-order valence-electron chi connectivity index (χ2n) is 25.5. The third-order valence-electron chi connectivity index (χ3n) is 15.7. The molecule has 0 atom stereocenters. The van der Waals surface area contributed by atoms with E-state index in [0.717, 1.165) is 106 Å². The zero-order valence-electron chi connectivity index (χ0n) is 46.1. The molecule has 0 saturated heterocycles. The van der Waals surface area contributed by atoms with E-state index >= 15 is 0 Å². The fourth-order valence-electron chi connectivity index (χ4n) is 11.0. The predicted octanol–water partition coefficient (Wildman–Crippen LogP) is 16.8. The quantitative estimate of drug-likeness (QED) is 0.160. The number of fused-ring (bicyclic) bond motifs is 11. The Labute approximate surface area is 445 Å². The SMILES string of the molecule is CC(C)(C)c1cc2c(O)c(c1)Cc1cc(C(C)(C)C)cc(c1O)Cc1cc(C(C)(C)C)cc(c1OCc1cc3ccccc3c3c1OC(c1ccccc1)(c1ccccc1)C=C3)Cc1cc(C(C)(C)C)cc(c1O)C2. The Morgan fingerprint density at radius 3 is 1.17 bits per heavy atom. The molecule has 0 saturated carbocycles. The van der Waals surface area contributed by atoms with Crippen molar-refractivity contribution in [1.29, 1.82) is 0 Å². The minimum absolute atomic E-state index is 0.179. The molecule has 384 valence electrons. The lowest BCUT2D eigenvalue weighted by Crippen LogP contribution is -2.34. The van der Waals surface area contributed by atoms with Gasteiger partial charge in [-0.05, 0) is 117 Å². The Morgan fingerprint density at radius 1 is 0.440 bits per heavy atom. The van der Waals surface area contributed by atoms with Crippen LogP contribution in [0.4, 0.5) is 0 Å². The molecule has 10 rings (SSSR count). The smallest absolute Gasteiger partial charge is 0.178 e. The molecule has 8 aromatic rings. The topological polar surface area (TPSA) is 79.2 Å². The second kappa shape index (κ2) is 18.8. The zero-order chi connectivity index (χ0) is 53.4. The lowest BCUT2D eigenvalue weighted by molar-refractivity contribution is 0.156. The Balaban J connectivity index is 1.21. The number of hydrogen-bond donors (Lipinski definition) is 3. The first-order valence-electron chi connectivity index (χ1n) is 26.8. The Hall–Kier alpha value is -7.24. The minimum atomic E-state index is -0.911. The van der Waals surface area contributed by atoms with Crippen molar-refractivity contribution in [2.75, 3.05) is 0 Å². The van der Waals surface area contributed by atoms with Gasteiger partial charge in [0.25, 0.3) is 0 Å². The highest BCUT2D eigenvalue weighted by atomic mass is 16.5. The Morgan fingerprint density at radius 2 is 0.787 bits per heavy atom. The summed E-state index contributed by atoms with van der Waals surface area (Å²) >= 11 is 0. The molecule has 75 heavy (non-hydrogen) atoms. The normalized spacial score (nSPS) is 14.6.